The summed E-state index contributed by atoms with van der Waals surface area (Å²) in [5.74, 6) is 0.919. The number of amides is 1. The molecule has 1 aromatic carbocycles. The smallest absolute Gasteiger partial charge is 0.257 e. The number of hydrogen-bond acceptors (Lipinski definition) is 3. The fraction of sp³-hybridized carbons (Fsp3) is 0.667. The van der Waals surface area contributed by atoms with Crippen molar-refractivity contribution in [1.82, 2.24) is 9.80 Å². The van der Waals surface area contributed by atoms with E-state index in [2.05, 4.69) is 4.90 Å². The van der Waals surface area contributed by atoms with Gasteiger partial charge in [-0.05, 0) is 57.1 Å². The molecule has 0 spiro atoms. The summed E-state index contributed by atoms with van der Waals surface area (Å²) < 4.78 is 6.30. The van der Waals surface area contributed by atoms with Crippen LogP contribution < -0.4 is 4.74 Å². The van der Waals surface area contributed by atoms with Gasteiger partial charge in [0.2, 0.25) is 0 Å². The molecule has 4 nitrogen and oxygen atoms in total. The summed E-state index contributed by atoms with van der Waals surface area (Å²) in [5, 5.41) is 0. The topological polar surface area (TPSA) is 32.8 Å². The van der Waals surface area contributed by atoms with Gasteiger partial charge in [0.15, 0.2) is 0 Å². The van der Waals surface area contributed by atoms with Gasteiger partial charge >= 0.3 is 0 Å². The molecule has 2 aliphatic heterocycles. The Bertz CT molecular complexity index is 585. The lowest BCUT2D eigenvalue weighted by Crippen LogP contribution is -2.46. The SMILES string of the molecule is O=C(c1ccccc1OC1CCN(C2CCC2)CC1)N1CCCCC1. The van der Waals surface area contributed by atoms with Crippen LogP contribution in [-0.2, 0) is 0 Å². The zero-order valence-electron chi connectivity index (χ0n) is 15.2. The molecular formula is C21H30N2O2. The highest BCUT2D eigenvalue weighted by molar-refractivity contribution is 5.97. The molecule has 4 heteroatoms. The summed E-state index contributed by atoms with van der Waals surface area (Å²) in [4.78, 5) is 17.5. The molecule has 0 N–H and O–H groups in total. The van der Waals surface area contributed by atoms with Gasteiger partial charge in [-0.2, -0.15) is 0 Å². The van der Waals surface area contributed by atoms with E-state index in [1.807, 2.05) is 29.2 Å². The third-order valence-corrected chi connectivity index (χ3v) is 6.12. The summed E-state index contributed by atoms with van der Waals surface area (Å²) in [6.45, 7) is 4.04. The number of para-hydroxylation sites is 1. The van der Waals surface area contributed by atoms with Gasteiger partial charge in [-0.25, -0.2) is 0 Å². The van der Waals surface area contributed by atoms with Crippen molar-refractivity contribution in [1.29, 1.82) is 0 Å². The first-order valence-electron chi connectivity index (χ1n) is 10.1. The summed E-state index contributed by atoms with van der Waals surface area (Å²) in [5.41, 5.74) is 0.742. The molecule has 0 radical (unpaired) electrons. The summed E-state index contributed by atoms with van der Waals surface area (Å²) in [6.07, 6.45) is 10.0. The van der Waals surface area contributed by atoms with Crippen LogP contribution in [0.25, 0.3) is 0 Å². The number of hydrogen-bond donors (Lipinski definition) is 0. The molecular weight excluding hydrogens is 312 g/mol. The van der Waals surface area contributed by atoms with Crippen LogP contribution in [0.15, 0.2) is 24.3 Å². The van der Waals surface area contributed by atoms with Gasteiger partial charge in [0.1, 0.15) is 11.9 Å². The molecule has 3 fully saturated rings. The van der Waals surface area contributed by atoms with E-state index in [1.54, 1.807) is 0 Å². The van der Waals surface area contributed by atoms with Crippen LogP contribution >= 0.6 is 0 Å². The van der Waals surface area contributed by atoms with Crippen molar-refractivity contribution in [3.63, 3.8) is 0 Å². The van der Waals surface area contributed by atoms with E-state index in [9.17, 15) is 4.79 Å². The molecule has 2 saturated heterocycles. The predicted octanol–water partition coefficient (Wildman–Crippen LogP) is 3.71. The van der Waals surface area contributed by atoms with Crippen LogP contribution in [0.4, 0.5) is 0 Å². The van der Waals surface area contributed by atoms with E-state index >= 15 is 0 Å². The molecule has 136 valence electrons. The minimum absolute atomic E-state index is 0.141. The molecule has 1 amide bonds. The summed E-state index contributed by atoms with van der Waals surface area (Å²) in [6, 6.07) is 8.65. The number of rotatable bonds is 4. The zero-order chi connectivity index (χ0) is 17.1. The van der Waals surface area contributed by atoms with Gasteiger partial charge in [-0.15, -0.1) is 0 Å². The highest BCUT2D eigenvalue weighted by Gasteiger charge is 2.30. The standard InChI is InChI=1S/C21H30N2O2/c24-21(23-13-4-1-5-14-23)19-9-2-3-10-20(19)25-18-11-15-22(16-12-18)17-7-6-8-17/h2-3,9-10,17-18H,1,4-8,11-16H2. The maximum atomic E-state index is 12.9. The van der Waals surface area contributed by atoms with Crippen molar-refractivity contribution in [2.75, 3.05) is 26.2 Å². The number of ether oxygens (including phenoxy) is 1. The van der Waals surface area contributed by atoms with E-state index in [1.165, 1.54) is 25.7 Å². The van der Waals surface area contributed by atoms with Gasteiger partial charge in [0.25, 0.3) is 5.91 Å². The number of piperidine rings is 2. The maximum Gasteiger partial charge on any atom is 0.257 e. The Morgan fingerprint density at radius 1 is 0.880 bits per heavy atom. The van der Waals surface area contributed by atoms with E-state index in [0.29, 0.717) is 0 Å². The Kier molecular flexibility index (Phi) is 5.25. The molecule has 4 rings (SSSR count). The lowest BCUT2D eigenvalue weighted by molar-refractivity contribution is 0.0481. The van der Waals surface area contributed by atoms with Crippen LogP contribution in [0.2, 0.25) is 0 Å². The first-order valence-corrected chi connectivity index (χ1v) is 10.1. The molecule has 1 aliphatic carbocycles. The molecule has 0 atom stereocenters. The average Bonchev–Trinajstić information content (AvgIpc) is 2.62. The van der Waals surface area contributed by atoms with E-state index in [-0.39, 0.29) is 12.0 Å². The molecule has 0 aromatic heterocycles. The van der Waals surface area contributed by atoms with Crippen molar-refractivity contribution in [2.45, 2.75) is 63.5 Å². The van der Waals surface area contributed by atoms with Crippen molar-refractivity contribution in [3.8, 4) is 5.75 Å². The van der Waals surface area contributed by atoms with Crippen molar-refractivity contribution >= 4 is 5.91 Å². The van der Waals surface area contributed by atoms with Crippen molar-refractivity contribution in [2.24, 2.45) is 0 Å². The Morgan fingerprint density at radius 2 is 1.60 bits per heavy atom. The zero-order valence-corrected chi connectivity index (χ0v) is 15.2. The Morgan fingerprint density at radius 3 is 2.28 bits per heavy atom. The number of carbonyl (C=O) groups excluding carboxylic acids is 1. The fourth-order valence-electron chi connectivity index (χ4n) is 4.30. The predicted molar refractivity (Wildman–Crippen MR) is 99.1 cm³/mol. The van der Waals surface area contributed by atoms with Gasteiger partial charge < -0.3 is 14.5 Å². The van der Waals surface area contributed by atoms with Gasteiger partial charge in [0.05, 0.1) is 5.56 Å². The Labute approximate surface area is 151 Å². The largest absolute Gasteiger partial charge is 0.489 e. The second kappa shape index (κ2) is 7.77. The van der Waals surface area contributed by atoms with Gasteiger partial charge in [-0.3, -0.25) is 4.79 Å². The normalized spacial score (nSPS) is 23.3. The van der Waals surface area contributed by atoms with Crippen LogP contribution in [0.3, 0.4) is 0 Å². The monoisotopic (exact) mass is 342 g/mol. The highest BCUT2D eigenvalue weighted by Crippen LogP contribution is 2.30. The lowest BCUT2D eigenvalue weighted by atomic mass is 9.90. The maximum absolute atomic E-state index is 12.9. The Balaban J connectivity index is 1.38. The van der Waals surface area contributed by atoms with Crippen LogP contribution in [0, 0.1) is 0 Å². The highest BCUT2D eigenvalue weighted by atomic mass is 16.5. The van der Waals surface area contributed by atoms with Crippen LogP contribution in [-0.4, -0.2) is 54.0 Å². The fourth-order valence-corrected chi connectivity index (χ4v) is 4.30. The first-order chi connectivity index (χ1) is 12.3. The number of likely N-dealkylation sites (tertiary alicyclic amines) is 2. The quantitative estimate of drug-likeness (QED) is 0.836. The summed E-state index contributed by atoms with van der Waals surface area (Å²) in [7, 11) is 0. The summed E-state index contributed by atoms with van der Waals surface area (Å²) >= 11 is 0. The van der Waals surface area contributed by atoms with Crippen molar-refractivity contribution < 1.29 is 9.53 Å². The van der Waals surface area contributed by atoms with E-state index < -0.39 is 0 Å². The average molecular weight is 342 g/mol. The third kappa shape index (κ3) is 3.84. The van der Waals surface area contributed by atoms with E-state index in [4.69, 9.17) is 4.74 Å². The second-order valence-electron chi connectivity index (χ2n) is 7.79. The third-order valence-electron chi connectivity index (χ3n) is 6.12. The van der Waals surface area contributed by atoms with Gasteiger partial charge in [0, 0.05) is 32.2 Å². The molecule has 2 heterocycles. The van der Waals surface area contributed by atoms with Crippen molar-refractivity contribution in [3.05, 3.63) is 29.8 Å². The van der Waals surface area contributed by atoms with Gasteiger partial charge in [-0.1, -0.05) is 18.6 Å². The minimum Gasteiger partial charge on any atom is -0.489 e. The van der Waals surface area contributed by atoms with Crippen LogP contribution in [0.5, 0.6) is 5.75 Å². The van der Waals surface area contributed by atoms with E-state index in [0.717, 1.165) is 69.2 Å². The number of nitrogens with zero attached hydrogens (tertiary/aromatic N) is 2. The molecule has 3 aliphatic rings. The molecule has 1 saturated carbocycles. The Hall–Kier alpha value is -1.55. The molecule has 0 bridgehead atoms. The minimum atomic E-state index is 0.141. The number of benzene rings is 1. The molecule has 25 heavy (non-hydrogen) atoms. The number of carbonyl (C=O) groups is 1. The molecule has 0 unspecified atom stereocenters. The van der Waals surface area contributed by atoms with Crippen LogP contribution in [0.1, 0.15) is 61.7 Å². The molecule has 1 aromatic rings. The first kappa shape index (κ1) is 16.9. The lowest BCUT2D eigenvalue weighted by Gasteiger charge is -2.41. The second-order valence-corrected chi connectivity index (χ2v) is 7.79.